The number of benzene rings is 1. The third-order valence-electron chi connectivity index (χ3n) is 2.87. The zero-order chi connectivity index (χ0) is 10.3. The van der Waals surface area contributed by atoms with Crippen molar-refractivity contribution in [2.75, 3.05) is 37.0 Å². The Hall–Kier alpha value is -1.71. The van der Waals surface area contributed by atoms with E-state index >= 15 is 0 Å². The molecule has 0 radical (unpaired) electrons. The fourth-order valence-corrected chi connectivity index (χ4v) is 2.16. The molecule has 78 valence electrons. The second-order valence-corrected chi connectivity index (χ2v) is 3.66. The van der Waals surface area contributed by atoms with E-state index in [0.717, 1.165) is 36.9 Å². The van der Waals surface area contributed by atoms with Crippen LogP contribution in [0.4, 0.5) is 11.4 Å². The van der Waals surface area contributed by atoms with Crippen molar-refractivity contribution in [1.82, 2.24) is 0 Å². The first-order chi connectivity index (χ1) is 7.40. The predicted molar refractivity (Wildman–Crippen MR) is 61.1 cm³/mol. The largest absolute Gasteiger partial charge is 0.495 e. The van der Waals surface area contributed by atoms with Gasteiger partial charge in [0.25, 0.3) is 0 Å². The Kier molecular flexibility index (Phi) is 1.80. The van der Waals surface area contributed by atoms with Crippen molar-refractivity contribution in [1.29, 1.82) is 0 Å². The third kappa shape index (κ3) is 1.17. The fourth-order valence-electron chi connectivity index (χ4n) is 2.16. The van der Waals surface area contributed by atoms with Gasteiger partial charge in [0.1, 0.15) is 17.3 Å². The number of hydrogen-bond donors (Lipinski definition) is 1. The lowest BCUT2D eigenvalue weighted by Crippen LogP contribution is -2.37. The van der Waals surface area contributed by atoms with Gasteiger partial charge in [0.2, 0.25) is 0 Å². The van der Waals surface area contributed by atoms with Gasteiger partial charge in [-0.1, -0.05) is 6.07 Å². The first kappa shape index (κ1) is 8.59. The van der Waals surface area contributed by atoms with Gasteiger partial charge in [-0.25, -0.2) is 0 Å². The van der Waals surface area contributed by atoms with Crippen LogP contribution in [0.5, 0.6) is 5.75 Å². The van der Waals surface area contributed by atoms with Crippen molar-refractivity contribution >= 4 is 17.2 Å². The number of hydrogen-bond acceptors (Lipinski definition) is 4. The molecule has 0 aliphatic carbocycles. The van der Waals surface area contributed by atoms with Gasteiger partial charge in [-0.05, 0) is 12.1 Å². The molecule has 0 bridgehead atoms. The number of para-hydroxylation sites is 1. The maximum Gasteiger partial charge on any atom is 0.144 e. The minimum absolute atomic E-state index is 0.799. The molecule has 0 fully saturated rings. The molecular formula is C11H13N3O. The Labute approximate surface area is 88.6 Å². The lowest BCUT2D eigenvalue weighted by molar-refractivity contribution is 0.416. The van der Waals surface area contributed by atoms with Crippen molar-refractivity contribution in [2.24, 2.45) is 4.99 Å². The normalized spacial score (nSPS) is 17.7. The molecule has 4 nitrogen and oxygen atoms in total. The average molecular weight is 203 g/mol. The van der Waals surface area contributed by atoms with Crippen molar-refractivity contribution in [3.05, 3.63) is 18.2 Å². The molecule has 0 amide bonds. The van der Waals surface area contributed by atoms with Crippen LogP contribution in [-0.2, 0) is 0 Å². The number of ether oxygens (including phenoxy) is 1. The minimum atomic E-state index is 0.799. The lowest BCUT2D eigenvalue weighted by Gasteiger charge is -2.30. The Morgan fingerprint density at radius 1 is 1.47 bits per heavy atom. The summed E-state index contributed by atoms with van der Waals surface area (Å²) in [6.45, 7) is 2.68. The minimum Gasteiger partial charge on any atom is -0.495 e. The molecule has 0 atom stereocenters. The second-order valence-electron chi connectivity index (χ2n) is 3.66. The van der Waals surface area contributed by atoms with E-state index in [1.807, 2.05) is 12.1 Å². The summed E-state index contributed by atoms with van der Waals surface area (Å²) in [5, 5.41) is 3.36. The first-order valence-corrected chi connectivity index (χ1v) is 5.12. The summed E-state index contributed by atoms with van der Waals surface area (Å²) in [5.41, 5.74) is 2.26. The highest BCUT2D eigenvalue weighted by atomic mass is 16.5. The molecule has 4 heteroatoms. The van der Waals surface area contributed by atoms with Gasteiger partial charge in [0.05, 0.1) is 25.9 Å². The number of amidine groups is 1. The van der Waals surface area contributed by atoms with Gasteiger partial charge in [0, 0.05) is 6.54 Å². The Balaban J connectivity index is 2.12. The maximum atomic E-state index is 5.33. The number of methoxy groups -OCH3 is 1. The molecule has 3 rings (SSSR count). The third-order valence-corrected chi connectivity index (χ3v) is 2.87. The van der Waals surface area contributed by atoms with E-state index in [4.69, 9.17) is 4.74 Å². The van der Waals surface area contributed by atoms with Crippen LogP contribution in [0, 0.1) is 0 Å². The predicted octanol–water partition coefficient (Wildman–Crippen LogP) is 1.34. The summed E-state index contributed by atoms with van der Waals surface area (Å²) in [5.74, 6) is 2.04. The average Bonchev–Trinajstić information content (AvgIpc) is 2.76. The molecule has 0 unspecified atom stereocenters. The molecule has 0 spiro atoms. The highest BCUT2D eigenvalue weighted by Gasteiger charge is 2.26. The van der Waals surface area contributed by atoms with Crippen LogP contribution >= 0.6 is 0 Å². The van der Waals surface area contributed by atoms with Crippen LogP contribution in [0.2, 0.25) is 0 Å². The van der Waals surface area contributed by atoms with E-state index < -0.39 is 0 Å². The van der Waals surface area contributed by atoms with E-state index in [-0.39, 0.29) is 0 Å². The number of aliphatic imine (C=N–C) groups is 1. The van der Waals surface area contributed by atoms with Crippen molar-refractivity contribution in [3.8, 4) is 5.75 Å². The van der Waals surface area contributed by atoms with Gasteiger partial charge >= 0.3 is 0 Å². The first-order valence-electron chi connectivity index (χ1n) is 5.12. The monoisotopic (exact) mass is 203 g/mol. The molecule has 0 saturated carbocycles. The Morgan fingerprint density at radius 2 is 2.40 bits per heavy atom. The van der Waals surface area contributed by atoms with Crippen molar-refractivity contribution in [3.63, 3.8) is 0 Å². The Bertz CT molecular complexity index is 428. The summed E-state index contributed by atoms with van der Waals surface area (Å²) in [6, 6.07) is 6.09. The standard InChI is InChI=1S/C11H13N3O/c1-15-9-4-2-3-8-11(9)13-7-10-12-5-6-14(8)10/h2-4,13H,5-7H2,1H3. The Morgan fingerprint density at radius 3 is 3.27 bits per heavy atom. The number of nitrogens with zero attached hydrogens (tertiary/aromatic N) is 2. The molecule has 15 heavy (non-hydrogen) atoms. The summed E-state index contributed by atoms with van der Waals surface area (Å²) >= 11 is 0. The van der Waals surface area contributed by atoms with Gasteiger partial charge in [-0.3, -0.25) is 4.99 Å². The highest BCUT2D eigenvalue weighted by Crippen LogP contribution is 2.38. The SMILES string of the molecule is COc1cccc2c1NCC1=NCCN12. The van der Waals surface area contributed by atoms with Crippen LogP contribution < -0.4 is 15.0 Å². The summed E-state index contributed by atoms with van der Waals surface area (Å²) in [4.78, 5) is 6.71. The topological polar surface area (TPSA) is 36.9 Å². The maximum absolute atomic E-state index is 5.33. The summed E-state index contributed by atoms with van der Waals surface area (Å²) < 4.78 is 5.33. The quantitative estimate of drug-likeness (QED) is 0.748. The molecule has 1 N–H and O–H groups in total. The smallest absolute Gasteiger partial charge is 0.144 e. The lowest BCUT2D eigenvalue weighted by atomic mass is 10.2. The summed E-state index contributed by atoms with van der Waals surface area (Å²) in [7, 11) is 1.70. The summed E-state index contributed by atoms with van der Waals surface area (Å²) in [6.07, 6.45) is 0. The van der Waals surface area contributed by atoms with E-state index in [1.165, 1.54) is 5.69 Å². The van der Waals surface area contributed by atoms with Gasteiger partial charge in [0.15, 0.2) is 0 Å². The number of fused-ring (bicyclic) bond motifs is 3. The number of nitrogens with one attached hydrogen (secondary N) is 1. The molecule has 1 aromatic rings. The molecule has 0 saturated heterocycles. The van der Waals surface area contributed by atoms with Crippen molar-refractivity contribution in [2.45, 2.75) is 0 Å². The van der Waals surface area contributed by atoms with Crippen LogP contribution in [-0.4, -0.2) is 32.6 Å². The van der Waals surface area contributed by atoms with Crippen LogP contribution in [0.15, 0.2) is 23.2 Å². The second kappa shape index (κ2) is 3.15. The zero-order valence-electron chi connectivity index (χ0n) is 8.66. The van der Waals surface area contributed by atoms with Crippen LogP contribution in [0.3, 0.4) is 0 Å². The van der Waals surface area contributed by atoms with Crippen LogP contribution in [0.25, 0.3) is 0 Å². The van der Waals surface area contributed by atoms with E-state index in [2.05, 4.69) is 21.3 Å². The van der Waals surface area contributed by atoms with Gasteiger partial charge in [-0.15, -0.1) is 0 Å². The van der Waals surface area contributed by atoms with Gasteiger partial charge in [-0.2, -0.15) is 0 Å². The fraction of sp³-hybridized carbons (Fsp3) is 0.364. The molecule has 0 aromatic heterocycles. The molecular weight excluding hydrogens is 190 g/mol. The van der Waals surface area contributed by atoms with Gasteiger partial charge < -0.3 is 15.0 Å². The zero-order valence-corrected chi connectivity index (χ0v) is 8.66. The van der Waals surface area contributed by atoms with E-state index in [9.17, 15) is 0 Å². The number of anilines is 2. The molecule has 2 heterocycles. The van der Waals surface area contributed by atoms with Crippen LogP contribution in [0.1, 0.15) is 0 Å². The molecule has 1 aromatic carbocycles. The number of rotatable bonds is 1. The van der Waals surface area contributed by atoms with E-state index in [1.54, 1.807) is 7.11 Å². The van der Waals surface area contributed by atoms with Crippen molar-refractivity contribution < 1.29 is 4.74 Å². The van der Waals surface area contributed by atoms with E-state index in [0.29, 0.717) is 0 Å². The molecule has 2 aliphatic heterocycles. The molecule has 2 aliphatic rings. The highest BCUT2D eigenvalue weighted by molar-refractivity contribution is 6.08.